The lowest BCUT2D eigenvalue weighted by molar-refractivity contribution is 0.00727. The molecule has 2 N–H and O–H groups in total. The summed E-state index contributed by atoms with van der Waals surface area (Å²) in [5.41, 5.74) is 0.0219. The van der Waals surface area contributed by atoms with Gasteiger partial charge >= 0.3 is 0 Å². The number of nitrogens with zero attached hydrogens (tertiary/aromatic N) is 2. The normalized spacial score (nSPS) is 19.5. The molecule has 0 spiro atoms. The maximum Gasteiger partial charge on any atom is 0.215 e. The molecule has 0 amide bonds. The fourth-order valence-corrected chi connectivity index (χ4v) is 2.91. The lowest BCUT2D eigenvalue weighted by atomic mass is 9.89. The predicted octanol–water partition coefficient (Wildman–Crippen LogP) is 2.69. The van der Waals surface area contributed by atoms with Crippen molar-refractivity contribution in [2.24, 2.45) is 0 Å². The van der Waals surface area contributed by atoms with E-state index in [9.17, 15) is 5.11 Å². The number of aliphatic hydroxyl groups is 1. The van der Waals surface area contributed by atoms with Crippen LogP contribution in [0.5, 0.6) is 0 Å². The first kappa shape index (κ1) is 13.8. The van der Waals surface area contributed by atoms with Crippen LogP contribution in [0.4, 0.5) is 0 Å². The van der Waals surface area contributed by atoms with Crippen LogP contribution in [-0.2, 0) is 13.0 Å². The number of rotatable bonds is 5. The van der Waals surface area contributed by atoms with Gasteiger partial charge in [0, 0.05) is 6.42 Å². The van der Waals surface area contributed by atoms with Crippen molar-refractivity contribution in [3.05, 3.63) is 47.0 Å². The first-order valence-corrected chi connectivity index (χ1v) is 7.37. The molecular formula is C14H16ClN3OS. The van der Waals surface area contributed by atoms with Crippen molar-refractivity contribution < 1.29 is 5.11 Å². The molecule has 1 heterocycles. The topological polar surface area (TPSA) is 53.8 Å². The Bertz CT molecular complexity index is 650. The van der Waals surface area contributed by atoms with E-state index in [-0.39, 0.29) is 0 Å². The summed E-state index contributed by atoms with van der Waals surface area (Å²) in [5, 5.41) is 14.0. The van der Waals surface area contributed by atoms with Crippen LogP contribution < -0.4 is 0 Å². The van der Waals surface area contributed by atoms with Crippen molar-refractivity contribution in [3.63, 3.8) is 0 Å². The van der Waals surface area contributed by atoms with E-state index in [0.29, 0.717) is 17.7 Å². The van der Waals surface area contributed by atoms with Crippen molar-refractivity contribution in [3.8, 4) is 0 Å². The van der Waals surface area contributed by atoms with Gasteiger partial charge in [0.1, 0.15) is 11.9 Å². The number of hydrogen-bond acceptors (Lipinski definition) is 3. The Morgan fingerprint density at radius 2 is 2.10 bits per heavy atom. The standard InChI is InChI=1S/C14H16ClN3OS/c15-13(6-7-13)14(19,8-11-4-2-1-3-5-11)9-18-12(20)16-10-17-18/h1-5,10,19H,6-9H2,(H,16,17,20). The number of halogens is 1. The van der Waals surface area contributed by atoms with Crippen molar-refractivity contribution in [1.29, 1.82) is 0 Å². The average molecular weight is 310 g/mol. The van der Waals surface area contributed by atoms with Crippen LogP contribution in [-0.4, -0.2) is 30.3 Å². The van der Waals surface area contributed by atoms with Gasteiger partial charge in [-0.05, 0) is 30.6 Å². The van der Waals surface area contributed by atoms with E-state index in [0.717, 1.165) is 18.4 Å². The summed E-state index contributed by atoms with van der Waals surface area (Å²) < 4.78 is 2.10. The SMILES string of the molecule is OC(Cc1ccccc1)(Cn1[nH]cnc1=S)C1(Cl)CC1. The molecule has 1 aliphatic carbocycles. The number of aromatic amines is 1. The highest BCUT2D eigenvalue weighted by atomic mass is 35.5. The molecule has 106 valence electrons. The highest BCUT2D eigenvalue weighted by molar-refractivity contribution is 7.71. The van der Waals surface area contributed by atoms with Gasteiger partial charge in [0.2, 0.25) is 4.77 Å². The van der Waals surface area contributed by atoms with Gasteiger partial charge in [0.25, 0.3) is 0 Å². The molecule has 1 fully saturated rings. The van der Waals surface area contributed by atoms with E-state index >= 15 is 0 Å². The molecule has 1 saturated carbocycles. The van der Waals surface area contributed by atoms with Gasteiger partial charge in [0.15, 0.2) is 0 Å². The molecule has 0 aliphatic heterocycles. The quantitative estimate of drug-likeness (QED) is 0.659. The summed E-state index contributed by atoms with van der Waals surface area (Å²) in [4.78, 5) is 3.41. The second-order valence-corrected chi connectivity index (χ2v) is 6.50. The molecule has 1 aromatic heterocycles. The second-order valence-electron chi connectivity index (χ2n) is 5.42. The molecule has 0 bridgehead atoms. The number of aromatic nitrogens is 3. The van der Waals surface area contributed by atoms with Crippen molar-refractivity contribution >= 4 is 23.8 Å². The minimum atomic E-state index is -1.04. The van der Waals surface area contributed by atoms with Crippen molar-refractivity contribution in [2.45, 2.75) is 36.3 Å². The molecular weight excluding hydrogens is 294 g/mol. The monoisotopic (exact) mass is 309 g/mol. The van der Waals surface area contributed by atoms with Crippen LogP contribution in [0.2, 0.25) is 0 Å². The summed E-state index contributed by atoms with van der Waals surface area (Å²) in [5.74, 6) is 0. The molecule has 1 atom stereocenters. The average Bonchev–Trinajstić information content (AvgIpc) is 3.07. The Balaban J connectivity index is 1.89. The zero-order chi connectivity index (χ0) is 14.2. The molecule has 4 nitrogen and oxygen atoms in total. The van der Waals surface area contributed by atoms with Gasteiger partial charge in [-0.1, -0.05) is 30.3 Å². The minimum absolute atomic E-state index is 0.324. The van der Waals surface area contributed by atoms with Crippen LogP contribution in [0.1, 0.15) is 18.4 Å². The van der Waals surface area contributed by atoms with Crippen LogP contribution in [0.25, 0.3) is 0 Å². The molecule has 0 radical (unpaired) electrons. The number of H-pyrrole nitrogens is 1. The van der Waals surface area contributed by atoms with E-state index in [2.05, 4.69) is 10.1 Å². The molecule has 0 saturated heterocycles. The maximum absolute atomic E-state index is 11.1. The fraction of sp³-hybridized carbons (Fsp3) is 0.429. The third-order valence-electron chi connectivity index (χ3n) is 3.90. The van der Waals surface area contributed by atoms with E-state index in [1.165, 1.54) is 6.33 Å². The van der Waals surface area contributed by atoms with Crippen molar-refractivity contribution in [1.82, 2.24) is 14.8 Å². The van der Waals surface area contributed by atoms with Crippen LogP contribution in [0, 0.1) is 4.77 Å². The van der Waals surface area contributed by atoms with E-state index < -0.39 is 10.5 Å². The highest BCUT2D eigenvalue weighted by Gasteiger charge is 2.57. The Morgan fingerprint density at radius 1 is 1.40 bits per heavy atom. The van der Waals surface area contributed by atoms with Gasteiger partial charge in [-0.3, -0.25) is 9.78 Å². The van der Waals surface area contributed by atoms with Gasteiger partial charge < -0.3 is 5.11 Å². The van der Waals surface area contributed by atoms with Gasteiger partial charge in [-0.2, -0.15) is 0 Å². The zero-order valence-electron chi connectivity index (χ0n) is 10.9. The van der Waals surface area contributed by atoms with Crippen molar-refractivity contribution in [2.75, 3.05) is 0 Å². The van der Waals surface area contributed by atoms with Gasteiger partial charge in [0.05, 0.1) is 11.4 Å². The zero-order valence-corrected chi connectivity index (χ0v) is 12.5. The molecule has 1 unspecified atom stereocenters. The third-order valence-corrected chi connectivity index (χ3v) is 4.96. The maximum atomic E-state index is 11.1. The Kier molecular flexibility index (Phi) is 3.44. The lowest BCUT2D eigenvalue weighted by Gasteiger charge is -2.33. The Morgan fingerprint density at radius 3 is 2.65 bits per heavy atom. The number of nitrogens with one attached hydrogen (secondary N) is 1. The molecule has 6 heteroatoms. The first-order valence-electron chi connectivity index (χ1n) is 6.58. The number of alkyl halides is 1. The summed E-state index contributed by atoms with van der Waals surface area (Å²) in [6.45, 7) is 0.324. The summed E-state index contributed by atoms with van der Waals surface area (Å²) >= 11 is 11.7. The molecule has 2 aromatic rings. The van der Waals surface area contributed by atoms with E-state index in [1.54, 1.807) is 4.68 Å². The second kappa shape index (κ2) is 4.98. The highest BCUT2D eigenvalue weighted by Crippen LogP contribution is 2.52. The molecule has 1 aromatic carbocycles. The van der Waals surface area contributed by atoms with Crippen LogP contribution >= 0.6 is 23.8 Å². The van der Waals surface area contributed by atoms with Crippen LogP contribution in [0.15, 0.2) is 36.7 Å². The molecule has 20 heavy (non-hydrogen) atoms. The van der Waals surface area contributed by atoms with Crippen LogP contribution in [0.3, 0.4) is 0 Å². The van der Waals surface area contributed by atoms with E-state index in [1.807, 2.05) is 30.3 Å². The summed E-state index contributed by atoms with van der Waals surface area (Å²) in [6, 6.07) is 9.89. The molecule has 1 aliphatic rings. The number of hydrogen-bond donors (Lipinski definition) is 2. The van der Waals surface area contributed by atoms with E-state index in [4.69, 9.17) is 23.8 Å². The molecule has 3 rings (SSSR count). The van der Waals surface area contributed by atoms with Gasteiger partial charge in [-0.25, -0.2) is 4.98 Å². The Labute approximate surface area is 127 Å². The smallest absolute Gasteiger partial charge is 0.215 e. The largest absolute Gasteiger partial charge is 0.386 e. The fourth-order valence-electron chi connectivity index (χ4n) is 2.52. The van der Waals surface area contributed by atoms with Gasteiger partial charge in [-0.15, -0.1) is 11.6 Å². The lowest BCUT2D eigenvalue weighted by Crippen LogP contribution is -2.47. The minimum Gasteiger partial charge on any atom is -0.386 e. The first-order chi connectivity index (χ1) is 9.52. The third kappa shape index (κ3) is 2.53. The predicted molar refractivity (Wildman–Crippen MR) is 80.3 cm³/mol. The summed E-state index contributed by atoms with van der Waals surface area (Å²) in [6.07, 6.45) is 3.66. The Hall–Kier alpha value is -1.17. The summed E-state index contributed by atoms with van der Waals surface area (Å²) in [7, 11) is 0. The number of benzene rings is 1.